The molecule has 0 aliphatic heterocycles. The summed E-state index contributed by atoms with van der Waals surface area (Å²) in [6, 6.07) is 1.76. The normalized spacial score (nSPS) is 10.8. The van der Waals surface area contributed by atoms with E-state index in [4.69, 9.17) is 0 Å². The Morgan fingerprint density at radius 1 is 1.53 bits per heavy atom. The highest BCUT2D eigenvalue weighted by Crippen LogP contribution is 2.37. The van der Waals surface area contributed by atoms with Gasteiger partial charge < -0.3 is 4.98 Å². The van der Waals surface area contributed by atoms with E-state index in [9.17, 15) is 10.1 Å². The van der Waals surface area contributed by atoms with E-state index >= 15 is 0 Å². The maximum atomic E-state index is 10.9. The van der Waals surface area contributed by atoms with Crippen molar-refractivity contribution in [1.82, 2.24) is 9.97 Å². The Labute approximate surface area is 102 Å². The van der Waals surface area contributed by atoms with Gasteiger partial charge in [-0.2, -0.15) is 0 Å². The second-order valence-electron chi connectivity index (χ2n) is 3.00. The van der Waals surface area contributed by atoms with Gasteiger partial charge in [0.25, 0.3) is 0 Å². The molecular formula is C7H4BBr2N3O2. The van der Waals surface area contributed by atoms with Crippen molar-refractivity contribution < 1.29 is 4.92 Å². The number of aromatic amines is 1. The van der Waals surface area contributed by atoms with Gasteiger partial charge in [0.15, 0.2) is 13.4 Å². The molecular weight excluding hydrogens is 329 g/mol. The second kappa shape index (κ2) is 3.60. The Morgan fingerprint density at radius 2 is 2.20 bits per heavy atom. The van der Waals surface area contributed by atoms with E-state index in [1.165, 1.54) is 0 Å². The average molecular weight is 333 g/mol. The molecule has 1 aromatic carbocycles. The van der Waals surface area contributed by atoms with Gasteiger partial charge in [0.2, 0.25) is 0 Å². The lowest BCUT2D eigenvalue weighted by atomic mass is 10.1. The number of fused-ring (bicyclic) bond motifs is 1. The van der Waals surface area contributed by atoms with Crippen molar-refractivity contribution in [2.45, 2.75) is 0 Å². The average Bonchev–Trinajstić information content (AvgIpc) is 2.46. The summed E-state index contributed by atoms with van der Waals surface area (Å²) in [5.41, 5.74) is 1.64. The minimum Gasteiger partial charge on any atom is -0.351 e. The SMILES string of the molecule is Bc1nc2c([N+](=O)[O-])c(Br)c(Br)cc2[nH]1. The van der Waals surface area contributed by atoms with E-state index in [-0.39, 0.29) is 5.69 Å². The predicted octanol–water partition coefficient (Wildman–Crippen LogP) is 1.25. The molecule has 15 heavy (non-hydrogen) atoms. The number of hydrogen-bond acceptors (Lipinski definition) is 3. The highest BCUT2D eigenvalue weighted by molar-refractivity contribution is 9.13. The number of hydrogen-bond donors (Lipinski definition) is 1. The van der Waals surface area contributed by atoms with Crippen molar-refractivity contribution in [3.8, 4) is 0 Å². The molecule has 0 bridgehead atoms. The molecule has 2 rings (SSSR count). The van der Waals surface area contributed by atoms with Gasteiger partial charge in [0.05, 0.1) is 16.2 Å². The van der Waals surface area contributed by atoms with Crippen LogP contribution in [0.4, 0.5) is 5.69 Å². The third-order valence-corrected chi connectivity index (χ3v) is 3.91. The molecule has 76 valence electrons. The van der Waals surface area contributed by atoms with Crippen LogP contribution in [0.1, 0.15) is 0 Å². The summed E-state index contributed by atoms with van der Waals surface area (Å²) < 4.78 is 1.04. The van der Waals surface area contributed by atoms with Gasteiger partial charge >= 0.3 is 5.69 Å². The molecule has 0 saturated heterocycles. The summed E-state index contributed by atoms with van der Waals surface area (Å²) in [6.45, 7) is 0. The molecule has 0 unspecified atom stereocenters. The van der Waals surface area contributed by atoms with Crippen molar-refractivity contribution in [2.75, 3.05) is 0 Å². The summed E-state index contributed by atoms with van der Waals surface area (Å²) in [7, 11) is 1.76. The molecule has 1 N–H and O–H groups in total. The van der Waals surface area contributed by atoms with Crippen LogP contribution >= 0.6 is 31.9 Å². The molecule has 0 saturated carbocycles. The van der Waals surface area contributed by atoms with Crippen molar-refractivity contribution in [3.63, 3.8) is 0 Å². The highest BCUT2D eigenvalue weighted by Gasteiger charge is 2.22. The van der Waals surface area contributed by atoms with E-state index in [0.717, 1.165) is 0 Å². The minimum absolute atomic E-state index is 0.0243. The molecule has 5 nitrogen and oxygen atoms in total. The van der Waals surface area contributed by atoms with Crippen molar-refractivity contribution in [2.24, 2.45) is 0 Å². The number of halogens is 2. The lowest BCUT2D eigenvalue weighted by Crippen LogP contribution is -2.05. The fourth-order valence-corrected chi connectivity index (χ4v) is 2.23. The van der Waals surface area contributed by atoms with Crippen molar-refractivity contribution in [3.05, 3.63) is 25.1 Å². The van der Waals surface area contributed by atoms with Gasteiger partial charge in [-0.15, -0.1) is 0 Å². The third-order valence-electron chi connectivity index (χ3n) is 1.95. The quantitative estimate of drug-likeness (QED) is 0.485. The molecule has 0 radical (unpaired) electrons. The Kier molecular flexibility index (Phi) is 2.55. The van der Waals surface area contributed by atoms with Crippen molar-refractivity contribution in [1.29, 1.82) is 0 Å². The highest BCUT2D eigenvalue weighted by atomic mass is 79.9. The molecule has 0 amide bonds. The molecule has 0 aliphatic rings. The van der Waals surface area contributed by atoms with Gasteiger partial charge in [-0.05, 0) is 37.9 Å². The maximum absolute atomic E-state index is 10.9. The first kappa shape index (κ1) is 10.6. The van der Waals surface area contributed by atoms with Crippen LogP contribution in [0, 0.1) is 10.1 Å². The Morgan fingerprint density at radius 3 is 2.80 bits per heavy atom. The zero-order chi connectivity index (χ0) is 11.2. The molecule has 0 spiro atoms. The second-order valence-corrected chi connectivity index (χ2v) is 4.64. The van der Waals surface area contributed by atoms with E-state index in [1.807, 2.05) is 0 Å². The van der Waals surface area contributed by atoms with Crippen molar-refractivity contribution >= 4 is 62.2 Å². The Hall–Kier alpha value is -0.885. The molecule has 1 heterocycles. The van der Waals surface area contributed by atoms with Gasteiger partial charge in [-0.1, -0.05) is 0 Å². The van der Waals surface area contributed by atoms with E-state index in [1.54, 1.807) is 13.9 Å². The fraction of sp³-hybridized carbons (Fsp3) is 0. The van der Waals surface area contributed by atoms with Crippen LogP contribution in [-0.4, -0.2) is 22.7 Å². The van der Waals surface area contributed by atoms with Crippen LogP contribution < -0.4 is 5.72 Å². The summed E-state index contributed by atoms with van der Waals surface area (Å²) in [5, 5.41) is 10.9. The van der Waals surface area contributed by atoms with Gasteiger partial charge in [0.1, 0.15) is 4.47 Å². The molecule has 0 aliphatic carbocycles. The van der Waals surface area contributed by atoms with Crippen LogP contribution in [0.5, 0.6) is 0 Å². The van der Waals surface area contributed by atoms with Gasteiger partial charge in [0, 0.05) is 4.47 Å². The van der Waals surface area contributed by atoms with Crippen LogP contribution in [0.25, 0.3) is 11.0 Å². The largest absolute Gasteiger partial charge is 0.351 e. The summed E-state index contributed by atoms with van der Waals surface area (Å²) in [6.07, 6.45) is 0. The summed E-state index contributed by atoms with van der Waals surface area (Å²) in [5.74, 6) is 0. The number of rotatable bonds is 1. The van der Waals surface area contributed by atoms with E-state index in [0.29, 0.717) is 25.7 Å². The topological polar surface area (TPSA) is 71.8 Å². The first-order valence-electron chi connectivity index (χ1n) is 3.99. The fourth-order valence-electron chi connectivity index (χ4n) is 1.37. The zero-order valence-electron chi connectivity index (χ0n) is 7.54. The smallest absolute Gasteiger partial charge is 0.312 e. The monoisotopic (exact) mass is 331 g/mol. The Balaban J connectivity index is 2.94. The van der Waals surface area contributed by atoms with E-state index < -0.39 is 4.92 Å². The van der Waals surface area contributed by atoms with Crippen LogP contribution in [-0.2, 0) is 0 Å². The third kappa shape index (κ3) is 1.67. The molecule has 2 aromatic rings. The van der Waals surface area contributed by atoms with E-state index in [2.05, 4.69) is 41.8 Å². The number of H-pyrrole nitrogens is 1. The summed E-state index contributed by atoms with van der Waals surface area (Å²) >= 11 is 6.41. The van der Waals surface area contributed by atoms with Crippen LogP contribution in [0.3, 0.4) is 0 Å². The standard InChI is InChI=1S/C7H4BBr2N3O2/c8-7-11-3-1-2(9)4(10)6(13(14)15)5(3)12-7/h1H,8H2,(H,11,12). The van der Waals surface area contributed by atoms with Gasteiger partial charge in [-0.25, -0.2) is 4.98 Å². The first-order valence-corrected chi connectivity index (χ1v) is 5.58. The number of imidazole rings is 1. The number of aromatic nitrogens is 2. The van der Waals surface area contributed by atoms with Crippen LogP contribution in [0.2, 0.25) is 0 Å². The number of benzene rings is 1. The summed E-state index contributed by atoms with van der Waals surface area (Å²) in [4.78, 5) is 17.5. The van der Waals surface area contributed by atoms with Crippen LogP contribution in [0.15, 0.2) is 15.0 Å². The maximum Gasteiger partial charge on any atom is 0.312 e. The number of nitrogens with one attached hydrogen (secondary N) is 1. The first-order chi connectivity index (χ1) is 7.00. The predicted molar refractivity (Wildman–Crippen MR) is 66.3 cm³/mol. The molecule has 0 fully saturated rings. The number of nitro benzene ring substituents is 1. The lowest BCUT2D eigenvalue weighted by molar-refractivity contribution is -0.384. The molecule has 0 atom stereocenters. The zero-order valence-corrected chi connectivity index (χ0v) is 10.7. The number of nitro groups is 1. The Bertz CT molecular complexity index is 569. The molecule has 1 aromatic heterocycles. The minimum atomic E-state index is -0.447. The van der Waals surface area contributed by atoms with Gasteiger partial charge in [-0.3, -0.25) is 10.1 Å². The molecule has 8 heteroatoms. The number of nitrogens with zero attached hydrogens (tertiary/aromatic N) is 2. The lowest BCUT2D eigenvalue weighted by Gasteiger charge is -1.98.